The van der Waals surface area contributed by atoms with Gasteiger partial charge in [0.2, 0.25) is 0 Å². The van der Waals surface area contributed by atoms with Gasteiger partial charge in [0, 0.05) is 37.1 Å². The molecule has 18 heavy (non-hydrogen) atoms. The minimum Gasteiger partial charge on any atom is -0.275 e. The Bertz CT molecular complexity index is 693. The molecule has 3 heterocycles. The maximum atomic E-state index is 4.55. The maximum Gasteiger partial charge on any atom is 0.182 e. The molecule has 0 saturated heterocycles. The summed E-state index contributed by atoms with van der Waals surface area (Å²) in [5.41, 5.74) is 2.53. The zero-order valence-corrected chi connectivity index (χ0v) is 10.6. The van der Waals surface area contributed by atoms with Gasteiger partial charge in [-0.05, 0) is 0 Å². The standard InChI is InChI=1S/C12H14N6/c1-8(2)11-15-12-10(9-6-14-17(3)7-9)13-4-5-18(12)16-11/h4-8H,1-3H3. The summed E-state index contributed by atoms with van der Waals surface area (Å²) in [5, 5.41) is 8.60. The molecule has 6 heteroatoms. The topological polar surface area (TPSA) is 60.9 Å². The molecule has 3 aromatic rings. The number of hydrogen-bond donors (Lipinski definition) is 0. The van der Waals surface area contributed by atoms with Crippen molar-refractivity contribution in [1.29, 1.82) is 0 Å². The van der Waals surface area contributed by atoms with Gasteiger partial charge in [0.1, 0.15) is 5.69 Å². The van der Waals surface area contributed by atoms with Gasteiger partial charge < -0.3 is 0 Å². The normalized spacial score (nSPS) is 11.6. The number of nitrogens with zero attached hydrogens (tertiary/aromatic N) is 6. The summed E-state index contributed by atoms with van der Waals surface area (Å²) in [6.07, 6.45) is 7.25. The van der Waals surface area contributed by atoms with Crippen LogP contribution in [-0.2, 0) is 7.05 Å². The van der Waals surface area contributed by atoms with Crippen molar-refractivity contribution in [3.8, 4) is 11.3 Å². The number of hydrogen-bond acceptors (Lipinski definition) is 4. The van der Waals surface area contributed by atoms with Crippen molar-refractivity contribution in [1.82, 2.24) is 29.4 Å². The second-order valence-corrected chi connectivity index (χ2v) is 4.57. The van der Waals surface area contributed by atoms with Crippen molar-refractivity contribution in [2.24, 2.45) is 7.05 Å². The first kappa shape index (κ1) is 10.9. The lowest BCUT2D eigenvalue weighted by molar-refractivity contribution is 0.765. The molecule has 0 radical (unpaired) electrons. The van der Waals surface area contributed by atoms with Crippen LogP contribution in [0, 0.1) is 0 Å². The third-order valence-corrected chi connectivity index (χ3v) is 2.77. The SMILES string of the molecule is CC(C)c1nc2c(-c3cnn(C)c3)nccn2n1. The van der Waals surface area contributed by atoms with Crippen LogP contribution in [0.2, 0.25) is 0 Å². The van der Waals surface area contributed by atoms with Gasteiger partial charge >= 0.3 is 0 Å². The highest BCUT2D eigenvalue weighted by Crippen LogP contribution is 2.21. The third-order valence-electron chi connectivity index (χ3n) is 2.77. The van der Waals surface area contributed by atoms with Crippen molar-refractivity contribution in [3.05, 3.63) is 30.6 Å². The van der Waals surface area contributed by atoms with E-state index in [1.165, 1.54) is 0 Å². The summed E-state index contributed by atoms with van der Waals surface area (Å²) in [7, 11) is 1.88. The quantitative estimate of drug-likeness (QED) is 0.685. The molecule has 0 unspecified atom stereocenters. The Morgan fingerprint density at radius 1 is 1.28 bits per heavy atom. The molecule has 0 saturated carbocycles. The summed E-state index contributed by atoms with van der Waals surface area (Å²) in [6.45, 7) is 4.15. The van der Waals surface area contributed by atoms with Gasteiger partial charge in [-0.3, -0.25) is 9.67 Å². The molecule has 0 aliphatic carbocycles. The van der Waals surface area contributed by atoms with Crippen molar-refractivity contribution in [3.63, 3.8) is 0 Å². The smallest absolute Gasteiger partial charge is 0.182 e. The summed E-state index contributed by atoms with van der Waals surface area (Å²) in [6, 6.07) is 0. The monoisotopic (exact) mass is 242 g/mol. The molecule has 3 rings (SSSR count). The van der Waals surface area contributed by atoms with E-state index in [4.69, 9.17) is 0 Å². The molecule has 0 bridgehead atoms. The fourth-order valence-corrected chi connectivity index (χ4v) is 1.83. The van der Waals surface area contributed by atoms with E-state index in [0.29, 0.717) is 5.92 Å². The Labute approximate surface area is 104 Å². The number of aryl methyl sites for hydroxylation is 1. The van der Waals surface area contributed by atoms with Gasteiger partial charge in [-0.25, -0.2) is 9.50 Å². The van der Waals surface area contributed by atoms with Gasteiger partial charge in [0.05, 0.1) is 6.20 Å². The molecule has 0 fully saturated rings. The van der Waals surface area contributed by atoms with Crippen LogP contribution >= 0.6 is 0 Å². The molecule has 0 spiro atoms. The van der Waals surface area contributed by atoms with E-state index in [9.17, 15) is 0 Å². The second kappa shape index (κ2) is 3.90. The minimum absolute atomic E-state index is 0.298. The van der Waals surface area contributed by atoms with Crippen LogP contribution < -0.4 is 0 Å². The number of aromatic nitrogens is 6. The Balaban J connectivity index is 2.23. The summed E-state index contributed by atoms with van der Waals surface area (Å²) in [4.78, 5) is 8.94. The summed E-state index contributed by atoms with van der Waals surface area (Å²) < 4.78 is 3.52. The number of rotatable bonds is 2. The van der Waals surface area contributed by atoms with E-state index in [0.717, 1.165) is 22.7 Å². The molecule has 0 aliphatic heterocycles. The molecule has 0 atom stereocenters. The number of fused-ring (bicyclic) bond motifs is 1. The molecular formula is C12H14N6. The zero-order chi connectivity index (χ0) is 12.7. The van der Waals surface area contributed by atoms with Gasteiger partial charge in [-0.1, -0.05) is 13.8 Å². The lowest BCUT2D eigenvalue weighted by Gasteiger charge is -1.97. The highest BCUT2D eigenvalue weighted by Gasteiger charge is 2.13. The fourth-order valence-electron chi connectivity index (χ4n) is 1.83. The van der Waals surface area contributed by atoms with Gasteiger partial charge in [-0.15, -0.1) is 0 Å². The van der Waals surface area contributed by atoms with Gasteiger partial charge in [0.25, 0.3) is 0 Å². The van der Waals surface area contributed by atoms with E-state index in [1.807, 2.05) is 19.4 Å². The van der Waals surface area contributed by atoms with Crippen molar-refractivity contribution < 1.29 is 0 Å². The highest BCUT2D eigenvalue weighted by molar-refractivity contribution is 5.72. The fraction of sp³-hybridized carbons (Fsp3) is 0.333. The van der Waals surface area contributed by atoms with Crippen LogP contribution in [0.5, 0.6) is 0 Å². The average Bonchev–Trinajstić information content (AvgIpc) is 2.94. The van der Waals surface area contributed by atoms with Crippen molar-refractivity contribution in [2.45, 2.75) is 19.8 Å². The van der Waals surface area contributed by atoms with E-state index >= 15 is 0 Å². The Kier molecular flexibility index (Phi) is 2.36. The predicted octanol–water partition coefficient (Wildman–Crippen LogP) is 1.65. The van der Waals surface area contributed by atoms with E-state index < -0.39 is 0 Å². The highest BCUT2D eigenvalue weighted by atomic mass is 15.3. The molecule has 0 aromatic carbocycles. The predicted molar refractivity (Wildman–Crippen MR) is 67.1 cm³/mol. The molecule has 3 aromatic heterocycles. The van der Waals surface area contributed by atoms with Crippen molar-refractivity contribution >= 4 is 5.65 Å². The van der Waals surface area contributed by atoms with Gasteiger partial charge in [0.15, 0.2) is 11.5 Å². The first-order valence-corrected chi connectivity index (χ1v) is 5.85. The summed E-state index contributed by atoms with van der Waals surface area (Å²) >= 11 is 0. The lowest BCUT2D eigenvalue weighted by Crippen LogP contribution is -1.92. The molecule has 92 valence electrons. The second-order valence-electron chi connectivity index (χ2n) is 4.57. The van der Waals surface area contributed by atoms with Crippen LogP contribution in [0.15, 0.2) is 24.8 Å². The zero-order valence-electron chi connectivity index (χ0n) is 10.6. The van der Waals surface area contributed by atoms with Crippen molar-refractivity contribution in [2.75, 3.05) is 0 Å². The molecule has 0 N–H and O–H groups in total. The first-order chi connectivity index (χ1) is 8.65. The first-order valence-electron chi connectivity index (χ1n) is 5.85. The minimum atomic E-state index is 0.298. The van der Waals surface area contributed by atoms with Crippen LogP contribution in [0.4, 0.5) is 0 Å². The lowest BCUT2D eigenvalue weighted by atomic mass is 10.2. The van der Waals surface area contributed by atoms with Crippen LogP contribution in [0.1, 0.15) is 25.6 Å². The Morgan fingerprint density at radius 3 is 2.78 bits per heavy atom. The average molecular weight is 242 g/mol. The Hall–Kier alpha value is -2.24. The molecule has 6 nitrogen and oxygen atoms in total. The van der Waals surface area contributed by atoms with Crippen LogP contribution in [0.25, 0.3) is 16.9 Å². The molecular weight excluding hydrogens is 228 g/mol. The third kappa shape index (κ3) is 1.66. The molecule has 0 amide bonds. The maximum absolute atomic E-state index is 4.55. The largest absolute Gasteiger partial charge is 0.275 e. The van der Waals surface area contributed by atoms with Crippen LogP contribution in [0.3, 0.4) is 0 Å². The van der Waals surface area contributed by atoms with Gasteiger partial charge in [-0.2, -0.15) is 10.2 Å². The molecule has 0 aliphatic rings. The Morgan fingerprint density at radius 2 is 2.11 bits per heavy atom. The van der Waals surface area contributed by atoms with E-state index in [2.05, 4.69) is 34.0 Å². The van der Waals surface area contributed by atoms with E-state index in [-0.39, 0.29) is 0 Å². The van der Waals surface area contributed by atoms with Crippen LogP contribution in [-0.4, -0.2) is 29.4 Å². The van der Waals surface area contributed by atoms with E-state index in [1.54, 1.807) is 21.6 Å². The summed E-state index contributed by atoms with van der Waals surface area (Å²) in [5.74, 6) is 1.12.